The zero-order valence-corrected chi connectivity index (χ0v) is 12.8. The molecule has 0 aliphatic carbocycles. The van der Waals surface area contributed by atoms with Gasteiger partial charge in [-0.25, -0.2) is 0 Å². The molecule has 0 bridgehead atoms. The van der Waals surface area contributed by atoms with Crippen molar-refractivity contribution in [2.45, 2.75) is 25.5 Å². The van der Waals surface area contributed by atoms with E-state index in [1.54, 1.807) is 0 Å². The van der Waals surface area contributed by atoms with Gasteiger partial charge in [0.1, 0.15) is 0 Å². The van der Waals surface area contributed by atoms with Crippen LogP contribution in [0.25, 0.3) is 10.8 Å². The molecule has 1 aliphatic rings. The molecular formula is C18H24N2O. The van der Waals surface area contributed by atoms with Crippen LogP contribution in [0.1, 0.15) is 25.5 Å². The smallest absolute Gasteiger partial charge is 0.0787 e. The number of hydrogen-bond donors (Lipinski definition) is 2. The van der Waals surface area contributed by atoms with Gasteiger partial charge < -0.3 is 10.4 Å². The van der Waals surface area contributed by atoms with Crippen LogP contribution in [0.5, 0.6) is 0 Å². The Bertz CT molecular complexity index is 612. The minimum Gasteiger partial charge on any atom is -0.388 e. The Morgan fingerprint density at radius 1 is 1.05 bits per heavy atom. The molecule has 1 fully saturated rings. The minimum absolute atomic E-state index is 0.0317. The predicted molar refractivity (Wildman–Crippen MR) is 87.4 cm³/mol. The van der Waals surface area contributed by atoms with E-state index in [1.165, 1.54) is 16.3 Å². The first-order chi connectivity index (χ1) is 10.1. The van der Waals surface area contributed by atoms with Gasteiger partial charge in [-0.1, -0.05) is 36.4 Å². The molecule has 0 spiro atoms. The SMILES string of the molecule is CC(C)(O)C(c1ccc2ccccc2c1)N1CCNCC1. The second-order valence-electron chi connectivity index (χ2n) is 6.45. The Morgan fingerprint density at radius 2 is 1.71 bits per heavy atom. The van der Waals surface area contributed by atoms with Crippen LogP contribution in [0.4, 0.5) is 0 Å². The molecule has 2 aromatic rings. The Labute approximate surface area is 126 Å². The highest BCUT2D eigenvalue weighted by atomic mass is 16.3. The van der Waals surface area contributed by atoms with E-state index in [-0.39, 0.29) is 6.04 Å². The molecule has 3 nitrogen and oxygen atoms in total. The van der Waals surface area contributed by atoms with Crippen molar-refractivity contribution < 1.29 is 5.11 Å². The predicted octanol–water partition coefficient (Wildman–Crippen LogP) is 2.56. The van der Waals surface area contributed by atoms with Crippen molar-refractivity contribution in [3.8, 4) is 0 Å². The summed E-state index contributed by atoms with van der Waals surface area (Å²) in [7, 11) is 0. The second-order valence-corrected chi connectivity index (χ2v) is 6.45. The third kappa shape index (κ3) is 3.10. The van der Waals surface area contributed by atoms with Crippen molar-refractivity contribution in [1.82, 2.24) is 10.2 Å². The van der Waals surface area contributed by atoms with Crippen LogP contribution in [0.3, 0.4) is 0 Å². The van der Waals surface area contributed by atoms with Gasteiger partial charge in [-0.05, 0) is 36.2 Å². The fourth-order valence-electron chi connectivity index (χ4n) is 3.38. The summed E-state index contributed by atoms with van der Waals surface area (Å²) in [6.45, 7) is 7.74. The number of hydrogen-bond acceptors (Lipinski definition) is 3. The molecule has 3 rings (SSSR count). The molecule has 0 radical (unpaired) electrons. The van der Waals surface area contributed by atoms with E-state index in [4.69, 9.17) is 0 Å². The molecular weight excluding hydrogens is 260 g/mol. The summed E-state index contributed by atoms with van der Waals surface area (Å²) in [6.07, 6.45) is 0. The highest BCUT2D eigenvalue weighted by Crippen LogP contribution is 2.33. The van der Waals surface area contributed by atoms with Crippen LogP contribution < -0.4 is 5.32 Å². The highest BCUT2D eigenvalue weighted by molar-refractivity contribution is 5.83. The van der Waals surface area contributed by atoms with Crippen LogP contribution >= 0.6 is 0 Å². The summed E-state index contributed by atoms with van der Waals surface area (Å²) in [5, 5.41) is 16.6. The molecule has 2 N–H and O–H groups in total. The molecule has 112 valence electrons. The quantitative estimate of drug-likeness (QED) is 0.909. The van der Waals surface area contributed by atoms with E-state index in [2.05, 4.69) is 52.7 Å². The third-order valence-corrected chi connectivity index (χ3v) is 4.28. The number of nitrogens with zero attached hydrogens (tertiary/aromatic N) is 1. The average molecular weight is 284 g/mol. The van der Waals surface area contributed by atoms with Crippen LogP contribution in [-0.4, -0.2) is 41.8 Å². The lowest BCUT2D eigenvalue weighted by Crippen LogP contribution is -2.50. The molecule has 1 unspecified atom stereocenters. The topological polar surface area (TPSA) is 35.5 Å². The summed E-state index contributed by atoms with van der Waals surface area (Å²) in [6, 6.07) is 15.0. The molecule has 0 amide bonds. The van der Waals surface area contributed by atoms with E-state index in [1.807, 2.05) is 13.8 Å². The number of benzene rings is 2. The van der Waals surface area contributed by atoms with Gasteiger partial charge >= 0.3 is 0 Å². The molecule has 0 saturated carbocycles. The summed E-state index contributed by atoms with van der Waals surface area (Å²) in [4.78, 5) is 2.39. The zero-order chi connectivity index (χ0) is 14.9. The summed E-state index contributed by atoms with van der Waals surface area (Å²) < 4.78 is 0. The lowest BCUT2D eigenvalue weighted by Gasteiger charge is -2.41. The second kappa shape index (κ2) is 5.76. The molecule has 1 heterocycles. The Kier molecular flexibility index (Phi) is 3.98. The van der Waals surface area contributed by atoms with Crippen molar-refractivity contribution >= 4 is 10.8 Å². The number of fused-ring (bicyclic) bond motifs is 1. The number of aliphatic hydroxyl groups is 1. The van der Waals surface area contributed by atoms with Crippen molar-refractivity contribution in [2.24, 2.45) is 0 Å². The maximum atomic E-state index is 10.7. The van der Waals surface area contributed by atoms with Gasteiger partial charge in [-0.3, -0.25) is 4.90 Å². The standard InChI is InChI=1S/C18H24N2O/c1-18(2,21)17(20-11-9-19-10-12-20)16-8-7-14-5-3-4-6-15(14)13-16/h3-8,13,17,19,21H,9-12H2,1-2H3. The first-order valence-electron chi connectivity index (χ1n) is 7.71. The number of rotatable bonds is 3. The van der Waals surface area contributed by atoms with E-state index < -0.39 is 5.60 Å². The highest BCUT2D eigenvalue weighted by Gasteiger charge is 2.34. The Hall–Kier alpha value is -1.42. The van der Waals surface area contributed by atoms with E-state index in [9.17, 15) is 5.11 Å². The van der Waals surface area contributed by atoms with Gasteiger partial charge in [-0.2, -0.15) is 0 Å². The minimum atomic E-state index is -0.764. The van der Waals surface area contributed by atoms with Crippen LogP contribution in [-0.2, 0) is 0 Å². The van der Waals surface area contributed by atoms with Gasteiger partial charge in [0.25, 0.3) is 0 Å². The van der Waals surface area contributed by atoms with Crippen LogP contribution in [0.15, 0.2) is 42.5 Å². The average Bonchev–Trinajstić information content (AvgIpc) is 2.47. The molecule has 1 atom stereocenters. The summed E-state index contributed by atoms with van der Waals surface area (Å²) in [5.41, 5.74) is 0.433. The normalized spacial score (nSPS) is 18.8. The first-order valence-corrected chi connectivity index (χ1v) is 7.71. The van der Waals surface area contributed by atoms with Gasteiger partial charge in [0.2, 0.25) is 0 Å². The lowest BCUT2D eigenvalue weighted by molar-refractivity contribution is -0.0255. The fraction of sp³-hybridized carbons (Fsp3) is 0.444. The fourth-order valence-corrected chi connectivity index (χ4v) is 3.38. The third-order valence-electron chi connectivity index (χ3n) is 4.28. The van der Waals surface area contributed by atoms with Crippen LogP contribution in [0.2, 0.25) is 0 Å². The van der Waals surface area contributed by atoms with Crippen molar-refractivity contribution in [3.05, 3.63) is 48.0 Å². The largest absolute Gasteiger partial charge is 0.388 e. The molecule has 3 heteroatoms. The number of piperazine rings is 1. The molecule has 21 heavy (non-hydrogen) atoms. The monoisotopic (exact) mass is 284 g/mol. The molecule has 0 aromatic heterocycles. The van der Waals surface area contributed by atoms with E-state index >= 15 is 0 Å². The molecule has 2 aromatic carbocycles. The van der Waals surface area contributed by atoms with Crippen molar-refractivity contribution in [2.75, 3.05) is 26.2 Å². The first kappa shape index (κ1) is 14.5. The van der Waals surface area contributed by atoms with Crippen molar-refractivity contribution in [1.29, 1.82) is 0 Å². The lowest BCUT2D eigenvalue weighted by atomic mass is 9.88. The van der Waals surface area contributed by atoms with E-state index in [0.29, 0.717) is 0 Å². The van der Waals surface area contributed by atoms with Crippen LogP contribution in [0, 0.1) is 0 Å². The summed E-state index contributed by atoms with van der Waals surface area (Å²) >= 11 is 0. The van der Waals surface area contributed by atoms with E-state index in [0.717, 1.165) is 26.2 Å². The molecule has 1 aliphatic heterocycles. The Balaban J connectivity index is 2.01. The number of nitrogens with one attached hydrogen (secondary N) is 1. The van der Waals surface area contributed by atoms with Gasteiger partial charge in [0, 0.05) is 26.2 Å². The maximum absolute atomic E-state index is 10.7. The van der Waals surface area contributed by atoms with Crippen molar-refractivity contribution in [3.63, 3.8) is 0 Å². The molecule has 1 saturated heterocycles. The maximum Gasteiger partial charge on any atom is 0.0787 e. The van der Waals surface area contributed by atoms with Gasteiger partial charge in [0.15, 0.2) is 0 Å². The zero-order valence-electron chi connectivity index (χ0n) is 12.8. The van der Waals surface area contributed by atoms with Gasteiger partial charge in [-0.15, -0.1) is 0 Å². The summed E-state index contributed by atoms with van der Waals surface area (Å²) in [5.74, 6) is 0. The Morgan fingerprint density at radius 3 is 2.38 bits per heavy atom. The van der Waals surface area contributed by atoms with Gasteiger partial charge in [0.05, 0.1) is 11.6 Å².